The van der Waals surface area contributed by atoms with Crippen LogP contribution in [0.25, 0.3) is 11.0 Å². The van der Waals surface area contributed by atoms with Crippen molar-refractivity contribution in [1.82, 2.24) is 23.4 Å². The Morgan fingerprint density at radius 3 is 2.81 bits per heavy atom. The molecule has 9 heteroatoms. The first-order valence-electron chi connectivity index (χ1n) is 8.52. The van der Waals surface area contributed by atoms with Gasteiger partial charge in [-0.3, -0.25) is 9.13 Å². The Balaban J connectivity index is 1.54. The summed E-state index contributed by atoms with van der Waals surface area (Å²) >= 11 is 0. The summed E-state index contributed by atoms with van der Waals surface area (Å²) in [5.41, 5.74) is 1.12. The maximum Gasteiger partial charge on any atom is 0.328 e. The highest BCUT2D eigenvalue weighted by Gasteiger charge is 2.22. The highest BCUT2D eigenvalue weighted by atomic mass is 32.2. The lowest BCUT2D eigenvalue weighted by Gasteiger charge is -2.23. The first-order valence-corrected chi connectivity index (χ1v) is 10.0. The van der Waals surface area contributed by atoms with Gasteiger partial charge in [-0.15, -0.1) is 0 Å². The van der Waals surface area contributed by atoms with Crippen LogP contribution in [0.5, 0.6) is 0 Å². The number of rotatable bonds is 4. The zero-order chi connectivity index (χ0) is 18.5. The van der Waals surface area contributed by atoms with Crippen LogP contribution in [0.3, 0.4) is 0 Å². The average Bonchev–Trinajstić information content (AvgIpc) is 3.19. The molecule has 4 rings (SSSR count). The second-order valence-corrected chi connectivity index (χ2v) is 8.57. The molecule has 0 aliphatic carbocycles. The van der Waals surface area contributed by atoms with Gasteiger partial charge in [0.2, 0.25) is 10.0 Å². The molecule has 0 amide bonds. The number of imidazole rings is 2. The van der Waals surface area contributed by atoms with Gasteiger partial charge in [-0.1, -0.05) is 0 Å². The lowest BCUT2D eigenvalue weighted by Crippen LogP contribution is -2.33. The molecule has 2 aromatic heterocycles. The average molecular weight is 375 g/mol. The molecule has 3 aromatic rings. The van der Waals surface area contributed by atoms with Crippen LogP contribution in [0.1, 0.15) is 12.2 Å². The first kappa shape index (κ1) is 17.0. The van der Waals surface area contributed by atoms with Crippen molar-refractivity contribution in [2.45, 2.75) is 24.3 Å². The molecule has 26 heavy (non-hydrogen) atoms. The van der Waals surface area contributed by atoms with Crippen LogP contribution >= 0.6 is 0 Å². The van der Waals surface area contributed by atoms with E-state index in [-0.39, 0.29) is 16.5 Å². The minimum Gasteiger partial charge on any atom is -0.335 e. The fourth-order valence-electron chi connectivity index (χ4n) is 3.55. The summed E-state index contributed by atoms with van der Waals surface area (Å²) < 4.78 is 33.2. The summed E-state index contributed by atoms with van der Waals surface area (Å²) in [5, 5.41) is 0. The molecule has 1 aromatic carbocycles. The molecular weight excluding hydrogens is 354 g/mol. The van der Waals surface area contributed by atoms with Gasteiger partial charge in [0.25, 0.3) is 0 Å². The third-order valence-electron chi connectivity index (χ3n) is 5.17. The molecule has 0 fully saturated rings. The summed E-state index contributed by atoms with van der Waals surface area (Å²) in [6, 6.07) is 4.76. The van der Waals surface area contributed by atoms with Gasteiger partial charge in [0.1, 0.15) is 5.82 Å². The number of aromatic nitrogens is 4. The number of nitrogens with one attached hydrogen (secondary N) is 1. The fraction of sp³-hybridized carbons (Fsp3) is 0.412. The summed E-state index contributed by atoms with van der Waals surface area (Å²) in [4.78, 5) is 16.5. The molecule has 0 unspecified atom stereocenters. The van der Waals surface area contributed by atoms with Gasteiger partial charge >= 0.3 is 5.69 Å². The zero-order valence-corrected chi connectivity index (χ0v) is 15.5. The standard InChI is InChI=1S/C17H21N5O3S/c1-20-14-4-3-13(10-15(14)21(2)17(20)23)26(24,25)19-11-12-5-7-22-8-6-18-16(22)9-12/h3-4,6,8,10,12,19H,5,7,9,11H2,1-2H3/t12-/m1/s1. The molecule has 0 spiro atoms. The Bertz CT molecular complexity index is 1140. The number of hydrogen-bond acceptors (Lipinski definition) is 4. The third-order valence-corrected chi connectivity index (χ3v) is 6.59. The topological polar surface area (TPSA) is 90.9 Å². The van der Waals surface area contributed by atoms with E-state index in [0.717, 1.165) is 25.2 Å². The maximum absolute atomic E-state index is 12.7. The van der Waals surface area contributed by atoms with Crippen LogP contribution in [-0.4, -0.2) is 33.6 Å². The lowest BCUT2D eigenvalue weighted by molar-refractivity contribution is 0.379. The number of fused-ring (bicyclic) bond motifs is 2. The van der Waals surface area contributed by atoms with E-state index in [1.165, 1.54) is 15.2 Å². The van der Waals surface area contributed by atoms with E-state index in [1.54, 1.807) is 32.4 Å². The molecule has 0 saturated heterocycles. The van der Waals surface area contributed by atoms with Gasteiger partial charge in [0.15, 0.2) is 0 Å². The van der Waals surface area contributed by atoms with E-state index in [2.05, 4.69) is 14.3 Å². The van der Waals surface area contributed by atoms with Gasteiger partial charge in [-0.05, 0) is 30.5 Å². The van der Waals surface area contributed by atoms with Crippen LogP contribution in [-0.2, 0) is 37.1 Å². The van der Waals surface area contributed by atoms with Crippen LogP contribution in [0.2, 0.25) is 0 Å². The zero-order valence-electron chi connectivity index (χ0n) is 14.7. The second-order valence-electron chi connectivity index (χ2n) is 6.80. The minimum absolute atomic E-state index is 0.170. The van der Waals surface area contributed by atoms with E-state index < -0.39 is 10.0 Å². The van der Waals surface area contributed by atoms with Gasteiger partial charge in [-0.2, -0.15) is 0 Å². The Morgan fingerprint density at radius 1 is 1.23 bits per heavy atom. The SMILES string of the molecule is Cn1c(=O)n(C)c2cc(S(=O)(=O)NC[C@@H]3CCn4ccnc4C3)ccc21. The second kappa shape index (κ2) is 6.10. The van der Waals surface area contributed by atoms with Crippen molar-refractivity contribution >= 4 is 21.1 Å². The number of nitrogens with zero attached hydrogens (tertiary/aromatic N) is 4. The van der Waals surface area contributed by atoms with Gasteiger partial charge in [-0.25, -0.2) is 22.9 Å². The quantitative estimate of drug-likeness (QED) is 0.724. The molecule has 0 radical (unpaired) electrons. The largest absolute Gasteiger partial charge is 0.335 e. The molecule has 138 valence electrons. The molecule has 1 atom stereocenters. The van der Waals surface area contributed by atoms with Crippen molar-refractivity contribution in [3.8, 4) is 0 Å². The normalized spacial score (nSPS) is 17.5. The van der Waals surface area contributed by atoms with Crippen molar-refractivity contribution < 1.29 is 8.42 Å². The summed E-state index contributed by atoms with van der Waals surface area (Å²) in [7, 11) is -0.329. The van der Waals surface area contributed by atoms with Crippen molar-refractivity contribution in [2.24, 2.45) is 20.0 Å². The lowest BCUT2D eigenvalue weighted by atomic mass is 9.98. The van der Waals surface area contributed by atoms with E-state index in [0.29, 0.717) is 17.6 Å². The van der Waals surface area contributed by atoms with E-state index >= 15 is 0 Å². The predicted octanol–water partition coefficient (Wildman–Crippen LogP) is 0.614. The van der Waals surface area contributed by atoms with Crippen LogP contribution in [0, 0.1) is 5.92 Å². The molecule has 1 N–H and O–H groups in total. The van der Waals surface area contributed by atoms with Crippen molar-refractivity contribution in [3.63, 3.8) is 0 Å². The Hall–Kier alpha value is -2.39. The molecular formula is C17H21N5O3S. The third kappa shape index (κ3) is 2.77. The van der Waals surface area contributed by atoms with E-state index in [1.807, 2.05) is 6.20 Å². The summed E-state index contributed by atoms with van der Waals surface area (Å²) in [6.45, 7) is 1.24. The fourth-order valence-corrected chi connectivity index (χ4v) is 4.69. The summed E-state index contributed by atoms with van der Waals surface area (Å²) in [5.74, 6) is 1.23. The molecule has 0 saturated carbocycles. The van der Waals surface area contributed by atoms with Crippen molar-refractivity contribution in [3.05, 3.63) is 46.9 Å². The number of aryl methyl sites for hydroxylation is 3. The number of benzene rings is 1. The monoisotopic (exact) mass is 375 g/mol. The maximum atomic E-state index is 12.7. The van der Waals surface area contributed by atoms with Gasteiger partial charge < -0.3 is 4.57 Å². The van der Waals surface area contributed by atoms with Crippen molar-refractivity contribution in [1.29, 1.82) is 0 Å². The van der Waals surface area contributed by atoms with Crippen LogP contribution < -0.4 is 10.4 Å². The Kier molecular flexibility index (Phi) is 4.00. The first-order chi connectivity index (χ1) is 12.4. The molecule has 8 nitrogen and oxygen atoms in total. The minimum atomic E-state index is -3.64. The predicted molar refractivity (Wildman–Crippen MR) is 97.4 cm³/mol. The Labute approximate surface area is 151 Å². The number of hydrogen-bond donors (Lipinski definition) is 1. The van der Waals surface area contributed by atoms with E-state index in [9.17, 15) is 13.2 Å². The summed E-state index contributed by atoms with van der Waals surface area (Å²) in [6.07, 6.45) is 5.41. The molecule has 1 aliphatic rings. The van der Waals surface area contributed by atoms with Crippen LogP contribution in [0.15, 0.2) is 40.3 Å². The van der Waals surface area contributed by atoms with Crippen molar-refractivity contribution in [2.75, 3.05) is 6.54 Å². The van der Waals surface area contributed by atoms with Gasteiger partial charge in [0, 0.05) is 46.0 Å². The van der Waals surface area contributed by atoms with Crippen LogP contribution in [0.4, 0.5) is 0 Å². The van der Waals surface area contributed by atoms with Gasteiger partial charge in [0.05, 0.1) is 15.9 Å². The molecule has 3 heterocycles. The Morgan fingerprint density at radius 2 is 2.00 bits per heavy atom. The molecule has 0 bridgehead atoms. The van der Waals surface area contributed by atoms with E-state index in [4.69, 9.17) is 0 Å². The molecule has 1 aliphatic heterocycles. The smallest absolute Gasteiger partial charge is 0.328 e. The highest BCUT2D eigenvalue weighted by Crippen LogP contribution is 2.21. The highest BCUT2D eigenvalue weighted by molar-refractivity contribution is 7.89. The number of sulfonamides is 1.